The van der Waals surface area contributed by atoms with E-state index in [0.29, 0.717) is 52.5 Å². The molecule has 0 bridgehead atoms. The first-order valence-electron chi connectivity index (χ1n) is 10.6. The second-order valence-electron chi connectivity index (χ2n) is 7.96. The maximum atomic E-state index is 13.6. The number of hydrogen-bond donors (Lipinski definition) is 1. The number of aromatic nitrogens is 2. The standard InChI is InChI=1S/C23H21F3N4O3S/c1-33-16-5-6-20-19(14-16)21-18(22(28-20)29-11-8-27-9-12-29)7-10-30(21)34(31,32)17-4-2-3-15(13-17)23(24,25)26/h2-7,10,13-14,27H,8-9,11-12H2,1H3. The first kappa shape index (κ1) is 22.5. The van der Waals surface area contributed by atoms with Gasteiger partial charge in [-0.15, -0.1) is 0 Å². The summed E-state index contributed by atoms with van der Waals surface area (Å²) in [6.07, 6.45) is -3.30. The molecule has 1 aliphatic rings. The largest absolute Gasteiger partial charge is 0.497 e. The molecule has 5 rings (SSSR count). The molecule has 0 atom stereocenters. The number of methoxy groups -OCH3 is 1. The van der Waals surface area contributed by atoms with Crippen LogP contribution in [0.4, 0.5) is 19.0 Å². The first-order chi connectivity index (χ1) is 16.2. The molecule has 0 spiro atoms. The molecule has 0 unspecified atom stereocenters. The maximum absolute atomic E-state index is 13.6. The lowest BCUT2D eigenvalue weighted by atomic mass is 10.1. The molecule has 1 N–H and O–H groups in total. The Kier molecular flexibility index (Phi) is 5.40. The Morgan fingerprint density at radius 2 is 1.79 bits per heavy atom. The zero-order valence-corrected chi connectivity index (χ0v) is 18.9. The molecule has 34 heavy (non-hydrogen) atoms. The summed E-state index contributed by atoms with van der Waals surface area (Å²) >= 11 is 0. The lowest BCUT2D eigenvalue weighted by Crippen LogP contribution is -2.44. The molecule has 11 heteroatoms. The number of pyridine rings is 1. The summed E-state index contributed by atoms with van der Waals surface area (Å²) in [5.41, 5.74) is -0.129. The zero-order valence-electron chi connectivity index (χ0n) is 18.1. The van der Waals surface area contributed by atoms with E-state index in [1.165, 1.54) is 13.3 Å². The summed E-state index contributed by atoms with van der Waals surface area (Å²) in [6.45, 7) is 2.89. The summed E-state index contributed by atoms with van der Waals surface area (Å²) in [4.78, 5) is 6.43. The molecule has 7 nitrogen and oxygen atoms in total. The molecular formula is C23H21F3N4O3S. The quantitative estimate of drug-likeness (QED) is 0.468. The SMILES string of the molecule is COc1ccc2nc(N3CCNCC3)c3ccn(S(=O)(=O)c4cccc(C(F)(F)F)c4)c3c2c1. The predicted octanol–water partition coefficient (Wildman–Crippen LogP) is 3.86. The number of alkyl halides is 3. The minimum Gasteiger partial charge on any atom is -0.497 e. The number of fused-ring (bicyclic) bond motifs is 3. The topological polar surface area (TPSA) is 76.5 Å². The van der Waals surface area contributed by atoms with Gasteiger partial charge >= 0.3 is 6.18 Å². The van der Waals surface area contributed by atoms with Gasteiger partial charge in [0, 0.05) is 43.1 Å². The molecule has 0 aliphatic carbocycles. The highest BCUT2D eigenvalue weighted by Gasteiger charge is 2.32. The van der Waals surface area contributed by atoms with Gasteiger partial charge in [0.1, 0.15) is 11.6 Å². The molecular weight excluding hydrogens is 469 g/mol. The van der Waals surface area contributed by atoms with Gasteiger partial charge in [0.2, 0.25) is 0 Å². The number of nitrogens with one attached hydrogen (secondary N) is 1. The van der Waals surface area contributed by atoms with Crippen molar-refractivity contribution in [2.24, 2.45) is 0 Å². The van der Waals surface area contributed by atoms with E-state index in [2.05, 4.69) is 10.2 Å². The van der Waals surface area contributed by atoms with Crippen LogP contribution in [0.3, 0.4) is 0 Å². The molecule has 4 aromatic rings. The zero-order chi connectivity index (χ0) is 24.1. The minimum atomic E-state index is -4.66. The highest BCUT2D eigenvalue weighted by atomic mass is 32.2. The van der Waals surface area contributed by atoms with Gasteiger partial charge in [0.15, 0.2) is 0 Å². The van der Waals surface area contributed by atoms with Crippen molar-refractivity contribution < 1.29 is 26.3 Å². The number of nitrogens with zero attached hydrogens (tertiary/aromatic N) is 3. The van der Waals surface area contributed by atoms with Crippen LogP contribution in [0.15, 0.2) is 59.6 Å². The van der Waals surface area contributed by atoms with E-state index in [1.807, 2.05) is 0 Å². The van der Waals surface area contributed by atoms with E-state index < -0.39 is 26.7 Å². The van der Waals surface area contributed by atoms with Crippen molar-refractivity contribution in [2.75, 3.05) is 38.2 Å². The van der Waals surface area contributed by atoms with Gasteiger partial charge in [-0.1, -0.05) is 6.07 Å². The summed E-state index contributed by atoms with van der Waals surface area (Å²) in [6, 6.07) is 10.6. The van der Waals surface area contributed by atoms with Crippen LogP contribution in [0.2, 0.25) is 0 Å². The second-order valence-corrected chi connectivity index (χ2v) is 9.77. The molecule has 0 radical (unpaired) electrons. The van der Waals surface area contributed by atoms with E-state index >= 15 is 0 Å². The van der Waals surface area contributed by atoms with E-state index in [1.54, 1.807) is 24.3 Å². The minimum absolute atomic E-state index is 0.342. The Morgan fingerprint density at radius 1 is 1.03 bits per heavy atom. The van der Waals surface area contributed by atoms with Gasteiger partial charge in [-0.3, -0.25) is 0 Å². The van der Waals surface area contributed by atoms with Crippen molar-refractivity contribution >= 4 is 37.6 Å². The Bertz CT molecular complexity index is 1490. The smallest absolute Gasteiger partial charge is 0.416 e. The molecule has 1 saturated heterocycles. The monoisotopic (exact) mass is 490 g/mol. The number of halogens is 3. The number of rotatable bonds is 4. The van der Waals surface area contributed by atoms with Gasteiger partial charge in [-0.25, -0.2) is 17.4 Å². The van der Waals surface area contributed by atoms with Crippen molar-refractivity contribution in [2.45, 2.75) is 11.1 Å². The number of anilines is 1. The molecule has 1 aliphatic heterocycles. The highest BCUT2D eigenvalue weighted by molar-refractivity contribution is 7.90. The average molecular weight is 491 g/mol. The Balaban J connectivity index is 1.79. The van der Waals surface area contributed by atoms with Crippen LogP contribution < -0.4 is 15.0 Å². The Labute approximate surface area is 193 Å². The van der Waals surface area contributed by atoms with Crippen molar-refractivity contribution in [1.82, 2.24) is 14.3 Å². The van der Waals surface area contributed by atoms with E-state index in [9.17, 15) is 21.6 Å². The third-order valence-corrected chi connectivity index (χ3v) is 7.58. The molecule has 2 aromatic heterocycles. The van der Waals surface area contributed by atoms with Crippen LogP contribution in [0.5, 0.6) is 5.75 Å². The van der Waals surface area contributed by atoms with Crippen LogP contribution in [0.1, 0.15) is 5.56 Å². The number of ether oxygens (including phenoxy) is 1. The van der Waals surface area contributed by atoms with Crippen molar-refractivity contribution in [3.8, 4) is 5.75 Å². The lowest BCUT2D eigenvalue weighted by molar-refractivity contribution is -0.137. The fourth-order valence-electron chi connectivity index (χ4n) is 4.23. The van der Waals surface area contributed by atoms with Crippen LogP contribution in [-0.4, -0.2) is 50.7 Å². The lowest BCUT2D eigenvalue weighted by Gasteiger charge is -2.29. The Hall–Kier alpha value is -3.31. The average Bonchev–Trinajstić information content (AvgIpc) is 3.30. The molecule has 1 fully saturated rings. The number of benzene rings is 2. The van der Waals surface area contributed by atoms with Gasteiger partial charge in [0.05, 0.1) is 28.6 Å². The third-order valence-electron chi connectivity index (χ3n) is 5.91. The van der Waals surface area contributed by atoms with Crippen molar-refractivity contribution in [1.29, 1.82) is 0 Å². The fourth-order valence-corrected chi connectivity index (χ4v) is 5.64. The van der Waals surface area contributed by atoms with Crippen LogP contribution in [0.25, 0.3) is 21.8 Å². The summed E-state index contributed by atoms with van der Waals surface area (Å²) in [7, 11) is -2.85. The Morgan fingerprint density at radius 3 is 2.50 bits per heavy atom. The number of piperazine rings is 1. The molecule has 0 saturated carbocycles. The van der Waals surface area contributed by atoms with Crippen LogP contribution >= 0.6 is 0 Å². The van der Waals surface area contributed by atoms with Crippen molar-refractivity contribution in [3.05, 3.63) is 60.3 Å². The summed E-state index contributed by atoms with van der Waals surface area (Å²) < 4.78 is 73.4. The molecule has 178 valence electrons. The highest BCUT2D eigenvalue weighted by Crippen LogP contribution is 2.37. The van der Waals surface area contributed by atoms with Gasteiger partial charge in [0.25, 0.3) is 10.0 Å². The second kappa shape index (κ2) is 8.17. The van der Waals surface area contributed by atoms with Gasteiger partial charge in [-0.2, -0.15) is 13.2 Å². The third kappa shape index (κ3) is 3.74. The summed E-state index contributed by atoms with van der Waals surface area (Å²) in [5, 5.41) is 4.39. The number of hydrogen-bond acceptors (Lipinski definition) is 6. The molecule has 2 aromatic carbocycles. The van der Waals surface area contributed by atoms with Crippen LogP contribution in [-0.2, 0) is 16.2 Å². The van der Waals surface area contributed by atoms with Gasteiger partial charge in [-0.05, 0) is 42.5 Å². The summed E-state index contributed by atoms with van der Waals surface area (Å²) in [5.74, 6) is 1.14. The van der Waals surface area contributed by atoms with E-state index in [0.717, 1.165) is 35.3 Å². The normalized spacial score (nSPS) is 15.2. The van der Waals surface area contributed by atoms with E-state index in [4.69, 9.17) is 9.72 Å². The first-order valence-corrected chi connectivity index (χ1v) is 12.0. The van der Waals surface area contributed by atoms with E-state index in [-0.39, 0.29) is 0 Å². The van der Waals surface area contributed by atoms with Gasteiger partial charge < -0.3 is 15.0 Å². The van der Waals surface area contributed by atoms with Crippen molar-refractivity contribution in [3.63, 3.8) is 0 Å². The fraction of sp³-hybridized carbons (Fsp3) is 0.261. The maximum Gasteiger partial charge on any atom is 0.416 e. The molecule has 3 heterocycles. The predicted molar refractivity (Wildman–Crippen MR) is 123 cm³/mol. The molecule has 0 amide bonds. The van der Waals surface area contributed by atoms with Crippen LogP contribution in [0, 0.1) is 0 Å².